The molecular formula is C14H26N2O3S. The van der Waals surface area contributed by atoms with Crippen molar-refractivity contribution in [3.8, 4) is 0 Å². The van der Waals surface area contributed by atoms with Crippen molar-refractivity contribution in [1.29, 1.82) is 0 Å². The summed E-state index contributed by atoms with van der Waals surface area (Å²) in [4.78, 5) is 14.6. The van der Waals surface area contributed by atoms with Gasteiger partial charge in [0, 0.05) is 6.04 Å². The van der Waals surface area contributed by atoms with Gasteiger partial charge in [-0.25, -0.2) is 8.42 Å². The summed E-state index contributed by atoms with van der Waals surface area (Å²) < 4.78 is 23.1. The van der Waals surface area contributed by atoms with Crippen molar-refractivity contribution in [3.05, 3.63) is 0 Å². The van der Waals surface area contributed by atoms with Crippen LogP contribution < -0.4 is 5.32 Å². The Labute approximate surface area is 122 Å². The number of carbonyl (C=O) groups excluding carboxylic acids is 1. The molecule has 2 rings (SSSR count). The van der Waals surface area contributed by atoms with Gasteiger partial charge in [0.15, 0.2) is 0 Å². The van der Waals surface area contributed by atoms with Gasteiger partial charge in [-0.05, 0) is 24.7 Å². The van der Waals surface area contributed by atoms with Gasteiger partial charge in [-0.1, -0.05) is 27.7 Å². The fraction of sp³-hybridized carbons (Fsp3) is 0.929. The molecule has 1 amide bonds. The van der Waals surface area contributed by atoms with Gasteiger partial charge in [-0.2, -0.15) is 0 Å². The maximum Gasteiger partial charge on any atom is 0.241 e. The van der Waals surface area contributed by atoms with E-state index >= 15 is 0 Å². The Morgan fingerprint density at radius 2 is 1.65 bits per heavy atom. The van der Waals surface area contributed by atoms with Gasteiger partial charge in [0.25, 0.3) is 0 Å². The largest absolute Gasteiger partial charge is 0.322 e. The molecule has 5 nitrogen and oxygen atoms in total. The molecule has 2 aliphatic heterocycles. The summed E-state index contributed by atoms with van der Waals surface area (Å²) in [5, 5.41) is 3.43. The van der Waals surface area contributed by atoms with Crippen LogP contribution in [0.3, 0.4) is 0 Å². The first kappa shape index (κ1) is 15.8. The first-order valence-electron chi connectivity index (χ1n) is 7.51. The zero-order chi connectivity index (χ0) is 15.1. The average molecular weight is 302 g/mol. The number of nitrogens with zero attached hydrogens (tertiary/aromatic N) is 1. The van der Waals surface area contributed by atoms with Crippen molar-refractivity contribution in [2.45, 2.75) is 58.8 Å². The third kappa shape index (κ3) is 3.01. The molecule has 2 atom stereocenters. The standard InChI is InChI=1S/C14H26N2O3S/c1-9(2)12-14(17)16(13(15-12)10(3)4)11-5-7-20(18,19)8-6-11/h9-13,15H,5-8H2,1-4H3. The van der Waals surface area contributed by atoms with E-state index in [1.54, 1.807) is 0 Å². The van der Waals surface area contributed by atoms with Crippen molar-refractivity contribution in [3.63, 3.8) is 0 Å². The van der Waals surface area contributed by atoms with Crippen LogP contribution in [0.4, 0.5) is 0 Å². The fourth-order valence-electron chi connectivity index (χ4n) is 3.19. The highest BCUT2D eigenvalue weighted by Crippen LogP contribution is 2.28. The van der Waals surface area contributed by atoms with Crippen LogP contribution in [0.5, 0.6) is 0 Å². The number of amides is 1. The van der Waals surface area contributed by atoms with Crippen LogP contribution >= 0.6 is 0 Å². The summed E-state index contributed by atoms with van der Waals surface area (Å²) in [7, 11) is -2.89. The minimum Gasteiger partial charge on any atom is -0.322 e. The average Bonchev–Trinajstić information content (AvgIpc) is 2.67. The van der Waals surface area contributed by atoms with E-state index in [-0.39, 0.29) is 41.6 Å². The lowest BCUT2D eigenvalue weighted by Gasteiger charge is -2.36. The molecule has 0 bridgehead atoms. The monoisotopic (exact) mass is 302 g/mol. The number of nitrogens with one attached hydrogen (secondary N) is 1. The summed E-state index contributed by atoms with van der Waals surface area (Å²) in [6.45, 7) is 8.28. The van der Waals surface area contributed by atoms with Crippen molar-refractivity contribution in [2.24, 2.45) is 11.8 Å². The van der Waals surface area contributed by atoms with E-state index in [2.05, 4.69) is 19.2 Å². The van der Waals surface area contributed by atoms with Crippen LogP contribution in [0.2, 0.25) is 0 Å². The van der Waals surface area contributed by atoms with Gasteiger partial charge in [0.05, 0.1) is 23.7 Å². The molecule has 0 aromatic heterocycles. The first-order chi connectivity index (χ1) is 9.23. The maximum absolute atomic E-state index is 12.6. The van der Waals surface area contributed by atoms with Crippen LogP contribution in [-0.2, 0) is 14.6 Å². The molecule has 0 aliphatic carbocycles. The molecule has 2 heterocycles. The third-order valence-corrected chi connectivity index (χ3v) is 6.10. The zero-order valence-electron chi connectivity index (χ0n) is 12.8. The molecule has 2 saturated heterocycles. The molecule has 2 fully saturated rings. The highest BCUT2D eigenvalue weighted by molar-refractivity contribution is 7.91. The molecule has 0 spiro atoms. The van der Waals surface area contributed by atoms with Gasteiger partial charge < -0.3 is 4.90 Å². The quantitative estimate of drug-likeness (QED) is 0.845. The van der Waals surface area contributed by atoms with Crippen LogP contribution in [0.15, 0.2) is 0 Å². The second-order valence-corrected chi connectivity index (χ2v) is 9.01. The molecular weight excluding hydrogens is 276 g/mol. The summed E-state index contributed by atoms with van der Waals surface area (Å²) in [5.74, 6) is 1.13. The number of rotatable bonds is 3. The SMILES string of the molecule is CC(C)C1NC(C(C)C)N(C2CCS(=O)(=O)CC2)C1=O. The molecule has 6 heteroatoms. The van der Waals surface area contributed by atoms with Crippen molar-refractivity contribution < 1.29 is 13.2 Å². The molecule has 0 radical (unpaired) electrons. The molecule has 116 valence electrons. The highest BCUT2D eigenvalue weighted by Gasteiger charge is 2.45. The van der Waals surface area contributed by atoms with E-state index in [0.29, 0.717) is 18.8 Å². The maximum atomic E-state index is 12.6. The lowest BCUT2D eigenvalue weighted by molar-refractivity contribution is -0.133. The Bertz CT molecular complexity index is 459. The minimum absolute atomic E-state index is 0.0284. The third-order valence-electron chi connectivity index (χ3n) is 4.39. The van der Waals surface area contributed by atoms with Crippen LogP contribution in [0, 0.1) is 11.8 Å². The number of sulfone groups is 1. The highest BCUT2D eigenvalue weighted by atomic mass is 32.2. The molecule has 0 saturated carbocycles. The second-order valence-electron chi connectivity index (χ2n) is 6.71. The van der Waals surface area contributed by atoms with E-state index in [1.165, 1.54) is 0 Å². The number of hydrogen-bond donors (Lipinski definition) is 1. The second kappa shape index (κ2) is 5.64. The van der Waals surface area contributed by atoms with Crippen molar-refractivity contribution in [2.75, 3.05) is 11.5 Å². The van der Waals surface area contributed by atoms with Gasteiger partial charge in [0.1, 0.15) is 9.84 Å². The van der Waals surface area contributed by atoms with E-state index in [4.69, 9.17) is 0 Å². The van der Waals surface area contributed by atoms with Gasteiger partial charge in [-0.15, -0.1) is 0 Å². The van der Waals surface area contributed by atoms with Gasteiger partial charge in [-0.3, -0.25) is 10.1 Å². The van der Waals surface area contributed by atoms with E-state index in [0.717, 1.165) is 0 Å². The zero-order valence-corrected chi connectivity index (χ0v) is 13.6. The molecule has 2 aliphatic rings. The van der Waals surface area contributed by atoms with Crippen LogP contribution in [0.25, 0.3) is 0 Å². The van der Waals surface area contributed by atoms with Gasteiger partial charge in [0.2, 0.25) is 5.91 Å². The predicted molar refractivity (Wildman–Crippen MR) is 78.9 cm³/mol. The predicted octanol–water partition coefficient (Wildman–Crippen LogP) is 1.00. The van der Waals surface area contributed by atoms with Crippen molar-refractivity contribution in [1.82, 2.24) is 10.2 Å². The Kier molecular flexibility index (Phi) is 4.44. The summed E-state index contributed by atoms with van der Waals surface area (Å²) >= 11 is 0. The van der Waals surface area contributed by atoms with E-state index in [9.17, 15) is 13.2 Å². The van der Waals surface area contributed by atoms with Crippen LogP contribution in [0.1, 0.15) is 40.5 Å². The molecule has 20 heavy (non-hydrogen) atoms. The Hall–Kier alpha value is -0.620. The minimum atomic E-state index is -2.89. The summed E-state index contributed by atoms with van der Waals surface area (Å²) in [5.41, 5.74) is 0. The van der Waals surface area contributed by atoms with Gasteiger partial charge >= 0.3 is 0 Å². The Morgan fingerprint density at radius 1 is 1.10 bits per heavy atom. The van der Waals surface area contributed by atoms with Crippen LogP contribution in [-0.4, -0.2) is 49.0 Å². The molecule has 0 aromatic carbocycles. The molecule has 2 unspecified atom stereocenters. The van der Waals surface area contributed by atoms with E-state index < -0.39 is 9.84 Å². The molecule has 0 aromatic rings. The first-order valence-corrected chi connectivity index (χ1v) is 9.33. The summed E-state index contributed by atoms with van der Waals surface area (Å²) in [6, 6.07) is -0.0735. The Morgan fingerprint density at radius 3 is 2.10 bits per heavy atom. The lowest BCUT2D eigenvalue weighted by Crippen LogP contribution is -2.50. The fourth-order valence-corrected chi connectivity index (χ4v) is 4.65. The topological polar surface area (TPSA) is 66.5 Å². The molecule has 1 N–H and O–H groups in total. The smallest absolute Gasteiger partial charge is 0.241 e. The number of hydrogen-bond acceptors (Lipinski definition) is 4. The van der Waals surface area contributed by atoms with E-state index in [1.807, 2.05) is 18.7 Å². The van der Waals surface area contributed by atoms with Crippen molar-refractivity contribution >= 4 is 15.7 Å². The summed E-state index contributed by atoms with van der Waals surface area (Å²) in [6.07, 6.45) is 1.17. The number of carbonyl (C=O) groups is 1. The lowest BCUT2D eigenvalue weighted by atomic mass is 10.0. The normalized spacial score (nSPS) is 31.5. The Balaban J connectivity index is 2.17.